The Kier molecular flexibility index (Phi) is 7.60. The fourth-order valence-electron chi connectivity index (χ4n) is 2.93. The van der Waals surface area contributed by atoms with Gasteiger partial charge in [0.05, 0.1) is 12.7 Å². The Morgan fingerprint density at radius 1 is 1.21 bits per heavy atom. The smallest absolute Gasteiger partial charge is 0.355 e. The molecule has 0 aliphatic rings. The molecule has 2 rings (SSSR count). The molecule has 8 heteroatoms. The van der Waals surface area contributed by atoms with Crippen LogP contribution in [-0.4, -0.2) is 29.6 Å². The number of ether oxygens (including phenoxy) is 2. The minimum atomic E-state index is -0.671. The second kappa shape index (κ2) is 9.54. The molecule has 29 heavy (non-hydrogen) atoms. The lowest BCUT2D eigenvalue weighted by Crippen LogP contribution is -2.24. The highest BCUT2D eigenvalue weighted by Gasteiger charge is 2.28. The molecule has 0 unspecified atom stereocenters. The van der Waals surface area contributed by atoms with Gasteiger partial charge in [-0.2, -0.15) is 0 Å². The molecule has 1 heterocycles. The fourth-order valence-corrected chi connectivity index (χ4v) is 3.34. The zero-order valence-corrected chi connectivity index (χ0v) is 18.8. The van der Waals surface area contributed by atoms with Gasteiger partial charge in [-0.1, -0.05) is 22.9 Å². The molecule has 0 saturated carbocycles. The van der Waals surface area contributed by atoms with E-state index < -0.39 is 17.5 Å². The van der Waals surface area contributed by atoms with Gasteiger partial charge in [-0.3, -0.25) is 0 Å². The molecule has 0 saturated heterocycles. The van der Waals surface area contributed by atoms with Gasteiger partial charge in [-0.25, -0.2) is 14.0 Å². The number of nitrogens with one attached hydrogen (secondary N) is 2. The minimum Gasteiger partial charge on any atom is -0.465 e. The van der Waals surface area contributed by atoms with E-state index >= 15 is 0 Å². The van der Waals surface area contributed by atoms with Crippen LogP contribution in [0.4, 0.5) is 4.39 Å². The van der Waals surface area contributed by atoms with Crippen molar-refractivity contribution in [2.24, 2.45) is 0 Å². The number of aromatic amines is 1. The lowest BCUT2D eigenvalue weighted by Gasteiger charge is -2.19. The molecule has 6 nitrogen and oxygen atoms in total. The van der Waals surface area contributed by atoms with Gasteiger partial charge >= 0.3 is 11.9 Å². The standard InChI is InChI=1S/C21H26BrFN2O4/c1-6-14-17(19(26)28-5)16(25-18(14)20(27)29-21(2,3)4)11-24-10-12-9-13(22)7-8-15(12)23/h7-9,24-25H,6,10-11H2,1-5H3. The third kappa shape index (κ3) is 5.90. The van der Waals surface area contributed by atoms with Crippen LogP contribution in [0.5, 0.6) is 0 Å². The zero-order valence-electron chi connectivity index (χ0n) is 17.2. The van der Waals surface area contributed by atoms with E-state index in [-0.39, 0.29) is 24.6 Å². The van der Waals surface area contributed by atoms with E-state index in [9.17, 15) is 14.0 Å². The Labute approximate surface area is 178 Å². The van der Waals surface area contributed by atoms with Crippen molar-refractivity contribution in [3.63, 3.8) is 0 Å². The van der Waals surface area contributed by atoms with Crippen LogP contribution >= 0.6 is 15.9 Å². The number of hydrogen-bond acceptors (Lipinski definition) is 5. The van der Waals surface area contributed by atoms with Gasteiger partial charge < -0.3 is 19.8 Å². The van der Waals surface area contributed by atoms with Gasteiger partial charge in [-0.15, -0.1) is 0 Å². The lowest BCUT2D eigenvalue weighted by atomic mass is 10.1. The molecule has 0 radical (unpaired) electrons. The average molecular weight is 469 g/mol. The van der Waals surface area contributed by atoms with E-state index in [1.54, 1.807) is 32.9 Å². The zero-order chi connectivity index (χ0) is 21.8. The second-order valence-electron chi connectivity index (χ2n) is 7.52. The lowest BCUT2D eigenvalue weighted by molar-refractivity contribution is 0.00622. The van der Waals surface area contributed by atoms with Crippen molar-refractivity contribution in [2.45, 2.75) is 52.8 Å². The summed E-state index contributed by atoms with van der Waals surface area (Å²) in [6, 6.07) is 4.69. The summed E-state index contributed by atoms with van der Waals surface area (Å²) in [6.45, 7) is 7.62. The first kappa shape index (κ1) is 23.1. The van der Waals surface area contributed by atoms with Gasteiger partial charge in [0.2, 0.25) is 0 Å². The third-order valence-corrected chi connectivity index (χ3v) is 4.65. The summed E-state index contributed by atoms with van der Waals surface area (Å²) in [6.07, 6.45) is 0.440. The normalized spacial score (nSPS) is 11.4. The van der Waals surface area contributed by atoms with Crippen molar-refractivity contribution in [2.75, 3.05) is 7.11 Å². The van der Waals surface area contributed by atoms with Crippen LogP contribution in [0.25, 0.3) is 0 Å². The van der Waals surface area contributed by atoms with E-state index in [4.69, 9.17) is 9.47 Å². The monoisotopic (exact) mass is 468 g/mol. The molecule has 2 aromatic rings. The molecule has 1 aromatic carbocycles. The number of carbonyl (C=O) groups is 2. The molecule has 0 spiro atoms. The number of rotatable bonds is 7. The first-order valence-electron chi connectivity index (χ1n) is 9.27. The number of benzene rings is 1. The molecule has 0 fully saturated rings. The predicted octanol–water partition coefficient (Wildman–Crippen LogP) is 4.51. The van der Waals surface area contributed by atoms with Crippen LogP contribution in [0.1, 0.15) is 65.4 Å². The Hall–Kier alpha value is -2.19. The first-order chi connectivity index (χ1) is 13.6. The van der Waals surface area contributed by atoms with E-state index in [1.165, 1.54) is 13.2 Å². The summed E-state index contributed by atoms with van der Waals surface area (Å²) in [7, 11) is 1.29. The molecule has 0 bridgehead atoms. The topological polar surface area (TPSA) is 80.4 Å². The van der Waals surface area contributed by atoms with Gasteiger partial charge in [-0.05, 0) is 51.0 Å². The molecule has 1 aromatic heterocycles. The van der Waals surface area contributed by atoms with Gasteiger partial charge in [0.15, 0.2) is 0 Å². The van der Waals surface area contributed by atoms with Crippen LogP contribution in [0.15, 0.2) is 22.7 Å². The van der Waals surface area contributed by atoms with Crippen LogP contribution in [0, 0.1) is 5.82 Å². The molecule has 0 aliphatic heterocycles. The molecule has 0 atom stereocenters. The summed E-state index contributed by atoms with van der Waals surface area (Å²) in [5.74, 6) is -1.41. The number of esters is 2. The maximum absolute atomic E-state index is 13.9. The third-order valence-electron chi connectivity index (χ3n) is 4.15. The number of hydrogen-bond donors (Lipinski definition) is 2. The quantitative estimate of drug-likeness (QED) is 0.584. The summed E-state index contributed by atoms with van der Waals surface area (Å²) in [5, 5.41) is 3.11. The first-order valence-corrected chi connectivity index (χ1v) is 10.1. The van der Waals surface area contributed by atoms with E-state index in [2.05, 4.69) is 26.2 Å². The summed E-state index contributed by atoms with van der Waals surface area (Å²) >= 11 is 3.32. The van der Waals surface area contributed by atoms with E-state index in [0.717, 1.165) is 4.47 Å². The number of methoxy groups -OCH3 is 1. The van der Waals surface area contributed by atoms with Crippen molar-refractivity contribution in [3.8, 4) is 0 Å². The Balaban J connectivity index is 2.30. The Bertz CT molecular complexity index is 903. The largest absolute Gasteiger partial charge is 0.465 e. The molecule has 0 amide bonds. The number of aromatic nitrogens is 1. The summed E-state index contributed by atoms with van der Waals surface area (Å²) < 4.78 is 25.1. The minimum absolute atomic E-state index is 0.214. The highest BCUT2D eigenvalue weighted by molar-refractivity contribution is 9.10. The van der Waals surface area contributed by atoms with Gasteiger partial charge in [0.1, 0.15) is 17.1 Å². The van der Waals surface area contributed by atoms with Crippen LogP contribution < -0.4 is 5.32 Å². The molecule has 158 valence electrons. The van der Waals surface area contributed by atoms with Crippen LogP contribution in [-0.2, 0) is 29.0 Å². The van der Waals surface area contributed by atoms with E-state index in [1.807, 2.05) is 6.92 Å². The molecule has 0 aliphatic carbocycles. The summed E-state index contributed by atoms with van der Waals surface area (Å²) in [5.41, 5.74) is 1.37. The number of carbonyl (C=O) groups excluding carboxylic acids is 2. The van der Waals surface area contributed by atoms with Crippen molar-refractivity contribution < 1.29 is 23.5 Å². The van der Waals surface area contributed by atoms with E-state index in [0.29, 0.717) is 28.8 Å². The second-order valence-corrected chi connectivity index (χ2v) is 8.43. The average Bonchev–Trinajstić information content (AvgIpc) is 3.01. The van der Waals surface area contributed by atoms with Crippen molar-refractivity contribution in [1.29, 1.82) is 0 Å². The Morgan fingerprint density at radius 2 is 1.90 bits per heavy atom. The van der Waals surface area contributed by atoms with Gasteiger partial charge in [0.25, 0.3) is 0 Å². The maximum Gasteiger partial charge on any atom is 0.355 e. The fraction of sp³-hybridized carbons (Fsp3) is 0.429. The number of H-pyrrole nitrogens is 1. The Morgan fingerprint density at radius 3 is 2.48 bits per heavy atom. The van der Waals surface area contributed by atoms with Gasteiger partial charge in [0, 0.05) is 28.8 Å². The predicted molar refractivity (Wildman–Crippen MR) is 111 cm³/mol. The van der Waals surface area contributed by atoms with Crippen LogP contribution in [0.2, 0.25) is 0 Å². The molecule has 2 N–H and O–H groups in total. The SMILES string of the molecule is CCc1c(C(=O)OC(C)(C)C)[nH]c(CNCc2cc(Br)ccc2F)c1C(=O)OC. The number of halogens is 2. The van der Waals surface area contributed by atoms with Crippen molar-refractivity contribution in [3.05, 3.63) is 56.6 Å². The highest BCUT2D eigenvalue weighted by Crippen LogP contribution is 2.24. The van der Waals surface area contributed by atoms with Crippen molar-refractivity contribution >= 4 is 27.9 Å². The van der Waals surface area contributed by atoms with Crippen molar-refractivity contribution in [1.82, 2.24) is 10.3 Å². The maximum atomic E-state index is 13.9. The molecular formula is C21H26BrFN2O4. The highest BCUT2D eigenvalue weighted by atomic mass is 79.9. The summed E-state index contributed by atoms with van der Waals surface area (Å²) in [4.78, 5) is 28.0. The van der Waals surface area contributed by atoms with Crippen LogP contribution in [0.3, 0.4) is 0 Å². The molecular weight excluding hydrogens is 443 g/mol.